The van der Waals surface area contributed by atoms with Crippen LogP contribution in [0.4, 0.5) is 0 Å². The molecule has 0 saturated carbocycles. The van der Waals surface area contributed by atoms with E-state index >= 15 is 0 Å². The van der Waals surface area contributed by atoms with Gasteiger partial charge < -0.3 is 9.73 Å². The highest BCUT2D eigenvalue weighted by atomic mass is 16.3. The Bertz CT molecular complexity index is 2840. The van der Waals surface area contributed by atoms with Gasteiger partial charge >= 0.3 is 0 Å². The van der Waals surface area contributed by atoms with E-state index in [0.717, 1.165) is 50.5 Å². The Kier molecular flexibility index (Phi) is 6.79. The van der Waals surface area contributed by atoms with Gasteiger partial charge in [0, 0.05) is 44.9 Å². The predicted molar refractivity (Wildman–Crippen MR) is 224 cm³/mol. The molecule has 4 aliphatic rings. The molecule has 1 aromatic heterocycles. The van der Waals surface area contributed by atoms with E-state index in [1.165, 1.54) is 44.2 Å². The average molecular weight is 695 g/mol. The summed E-state index contributed by atoms with van der Waals surface area (Å²) in [4.78, 5) is 5.43. The second kappa shape index (κ2) is 11.8. The number of fused-ring (bicyclic) bond motifs is 9. The maximum atomic E-state index is 6.73. The van der Waals surface area contributed by atoms with Crippen LogP contribution in [0.15, 0.2) is 173 Å². The van der Waals surface area contributed by atoms with Crippen LogP contribution in [-0.2, 0) is 5.41 Å². The monoisotopic (exact) mass is 694 g/mol. The average Bonchev–Trinajstić information content (AvgIpc) is 3.73. The molecule has 0 amide bonds. The van der Waals surface area contributed by atoms with Gasteiger partial charge in [0.1, 0.15) is 17.2 Å². The Morgan fingerprint density at radius 1 is 0.611 bits per heavy atom. The lowest BCUT2D eigenvalue weighted by Gasteiger charge is -2.26. The highest BCUT2D eigenvalue weighted by molar-refractivity contribution is 6.16. The summed E-state index contributed by atoms with van der Waals surface area (Å²) >= 11 is 0. The number of para-hydroxylation sites is 1. The molecule has 6 aromatic carbocycles. The van der Waals surface area contributed by atoms with E-state index in [4.69, 9.17) is 9.41 Å². The molecule has 3 atom stereocenters. The molecule has 3 nitrogen and oxygen atoms in total. The molecule has 258 valence electrons. The van der Waals surface area contributed by atoms with E-state index in [-0.39, 0.29) is 17.4 Å². The Hall–Kier alpha value is -6.45. The van der Waals surface area contributed by atoms with Gasteiger partial charge in [-0.1, -0.05) is 166 Å². The maximum Gasteiger partial charge on any atom is 0.142 e. The number of rotatable bonds is 4. The lowest BCUT2D eigenvalue weighted by Crippen LogP contribution is -2.31. The Balaban J connectivity index is 1.05. The van der Waals surface area contributed by atoms with Crippen molar-refractivity contribution in [2.75, 3.05) is 0 Å². The summed E-state index contributed by atoms with van der Waals surface area (Å²) in [6.45, 7) is 4.67. The van der Waals surface area contributed by atoms with Crippen molar-refractivity contribution in [3.8, 4) is 22.3 Å². The summed E-state index contributed by atoms with van der Waals surface area (Å²) in [6, 6.07) is 46.2. The number of nitrogens with one attached hydrogen (secondary N) is 1. The van der Waals surface area contributed by atoms with Crippen molar-refractivity contribution in [3.05, 3.63) is 203 Å². The minimum atomic E-state index is -0.0922. The summed E-state index contributed by atoms with van der Waals surface area (Å²) in [5, 5.41) is 7.35. The smallest absolute Gasteiger partial charge is 0.142 e. The van der Waals surface area contributed by atoms with E-state index < -0.39 is 0 Å². The van der Waals surface area contributed by atoms with Crippen LogP contribution in [-0.4, -0.2) is 5.84 Å². The summed E-state index contributed by atoms with van der Waals surface area (Å²) in [5.74, 6) is 2.47. The number of nitrogens with zero attached hydrogens (tertiary/aromatic N) is 1. The van der Waals surface area contributed by atoms with E-state index in [1.807, 2.05) is 0 Å². The topological polar surface area (TPSA) is 37.5 Å². The molecular formula is C51H38N2O. The van der Waals surface area contributed by atoms with Gasteiger partial charge in [-0.15, -0.1) is 0 Å². The van der Waals surface area contributed by atoms with Gasteiger partial charge in [0.25, 0.3) is 0 Å². The first-order chi connectivity index (χ1) is 26.5. The Labute approximate surface area is 315 Å². The first kappa shape index (κ1) is 31.1. The third-order valence-corrected chi connectivity index (χ3v) is 12.1. The van der Waals surface area contributed by atoms with Crippen molar-refractivity contribution in [2.45, 2.75) is 31.2 Å². The fraction of sp³-hybridized carbons (Fsp3) is 0.118. The quantitative estimate of drug-likeness (QED) is 0.199. The molecule has 0 saturated heterocycles. The first-order valence-electron chi connectivity index (χ1n) is 19.0. The number of hydrogen-bond donors (Lipinski definition) is 1. The van der Waals surface area contributed by atoms with Crippen molar-refractivity contribution in [2.24, 2.45) is 10.9 Å². The van der Waals surface area contributed by atoms with Gasteiger partial charge in [0.2, 0.25) is 0 Å². The zero-order valence-electron chi connectivity index (χ0n) is 30.3. The second-order valence-electron chi connectivity index (χ2n) is 15.5. The number of hydrogen-bond acceptors (Lipinski definition) is 3. The molecule has 0 fully saturated rings. The molecule has 1 N–H and O–H groups in total. The van der Waals surface area contributed by atoms with Crippen molar-refractivity contribution in [1.82, 2.24) is 5.32 Å². The van der Waals surface area contributed by atoms with E-state index in [1.54, 1.807) is 0 Å². The molecule has 2 heterocycles. The molecule has 3 unspecified atom stereocenters. The molecule has 0 radical (unpaired) electrons. The minimum Gasteiger partial charge on any atom is -0.456 e. The van der Waals surface area contributed by atoms with Gasteiger partial charge in [0.15, 0.2) is 0 Å². The van der Waals surface area contributed by atoms with Crippen LogP contribution in [0.3, 0.4) is 0 Å². The molecule has 1 aliphatic heterocycles. The van der Waals surface area contributed by atoms with Gasteiger partial charge in [0.05, 0.1) is 11.7 Å². The summed E-state index contributed by atoms with van der Waals surface area (Å²) in [7, 11) is 0. The lowest BCUT2D eigenvalue weighted by molar-refractivity contribution is 0.579. The molecule has 54 heavy (non-hydrogen) atoms. The van der Waals surface area contributed by atoms with Crippen LogP contribution in [0.5, 0.6) is 0 Å². The fourth-order valence-electron chi connectivity index (χ4n) is 9.41. The fourth-order valence-corrected chi connectivity index (χ4v) is 9.41. The number of amidine groups is 1. The maximum absolute atomic E-state index is 6.73. The van der Waals surface area contributed by atoms with Crippen LogP contribution in [0.2, 0.25) is 0 Å². The normalized spacial score (nSPS) is 20.1. The largest absolute Gasteiger partial charge is 0.456 e. The van der Waals surface area contributed by atoms with Crippen LogP contribution in [0, 0.1) is 5.92 Å². The number of furan rings is 1. The van der Waals surface area contributed by atoms with Crippen molar-refractivity contribution >= 4 is 39.4 Å². The third-order valence-electron chi connectivity index (χ3n) is 12.1. The zero-order valence-corrected chi connectivity index (χ0v) is 30.3. The minimum absolute atomic E-state index is 0.0469. The van der Waals surface area contributed by atoms with Crippen molar-refractivity contribution in [3.63, 3.8) is 0 Å². The van der Waals surface area contributed by atoms with Crippen LogP contribution in [0.1, 0.15) is 64.9 Å². The second-order valence-corrected chi connectivity index (χ2v) is 15.5. The van der Waals surface area contributed by atoms with Gasteiger partial charge in [-0.05, 0) is 62.4 Å². The molecule has 0 bridgehead atoms. The lowest BCUT2D eigenvalue weighted by atomic mass is 9.78. The van der Waals surface area contributed by atoms with Gasteiger partial charge in [-0.25, -0.2) is 4.99 Å². The summed E-state index contributed by atoms with van der Waals surface area (Å²) in [6.07, 6.45) is 15.6. The van der Waals surface area contributed by atoms with Crippen molar-refractivity contribution in [1.29, 1.82) is 0 Å². The van der Waals surface area contributed by atoms with E-state index in [2.05, 4.69) is 189 Å². The van der Waals surface area contributed by atoms with Gasteiger partial charge in [-0.2, -0.15) is 0 Å². The molecule has 0 spiro atoms. The zero-order chi connectivity index (χ0) is 36.0. The predicted octanol–water partition coefficient (Wildman–Crippen LogP) is 12.5. The van der Waals surface area contributed by atoms with Crippen molar-refractivity contribution < 1.29 is 4.42 Å². The van der Waals surface area contributed by atoms with Crippen LogP contribution < -0.4 is 5.32 Å². The third kappa shape index (κ3) is 4.64. The SMILES string of the molecule is CC1(C)c2ccccc2-c2ccc(C3=CC(c4ccccc4)NC(c4ccc(-c5cccc6c7c(oc56)C=CC5C=CC=CC75)c5ccccc45)=N3)cc21. The molecule has 7 aromatic rings. The highest BCUT2D eigenvalue weighted by Gasteiger charge is 2.36. The number of aliphatic imine (C=N–C) groups is 1. The van der Waals surface area contributed by atoms with E-state index in [9.17, 15) is 0 Å². The standard InChI is InChI=1S/C51H38N2O/c1-51(2)43-22-11-10-19-38(43)39-25-23-33(29-44(39)51)46-30-45(32-14-4-3-5-15-32)52-50(53-46)41-27-26-37(35-17-8-9-18-36(35)41)40-20-12-21-42-48-34-16-7-6-13-31(34)24-28-47(48)54-49(40)42/h3-31,34,45H,1-2H3,(H,52,53). The molecule has 3 heteroatoms. The Morgan fingerprint density at radius 3 is 2.20 bits per heavy atom. The summed E-state index contributed by atoms with van der Waals surface area (Å²) in [5.41, 5.74) is 14.1. The molecule has 3 aliphatic carbocycles. The van der Waals surface area contributed by atoms with Crippen LogP contribution in [0.25, 0.3) is 55.8 Å². The molecular weight excluding hydrogens is 657 g/mol. The highest BCUT2D eigenvalue weighted by Crippen LogP contribution is 2.50. The summed E-state index contributed by atoms with van der Waals surface area (Å²) < 4.78 is 6.73. The number of benzene rings is 6. The first-order valence-corrected chi connectivity index (χ1v) is 19.0. The molecule has 11 rings (SSSR count). The van der Waals surface area contributed by atoms with E-state index in [0.29, 0.717) is 5.92 Å². The van der Waals surface area contributed by atoms with Gasteiger partial charge in [-0.3, -0.25) is 0 Å². The van der Waals surface area contributed by atoms with Crippen LogP contribution >= 0.6 is 0 Å². The number of allylic oxidation sites excluding steroid dienone is 5. The Morgan fingerprint density at radius 2 is 1.31 bits per heavy atom.